The van der Waals surface area contributed by atoms with E-state index in [0.29, 0.717) is 34.6 Å². The molecule has 0 unspecified atom stereocenters. The Morgan fingerprint density at radius 2 is 1.77 bits per heavy atom. The van der Waals surface area contributed by atoms with Crippen molar-refractivity contribution in [2.45, 2.75) is 20.1 Å². The quantitative estimate of drug-likeness (QED) is 0.175. The summed E-state index contributed by atoms with van der Waals surface area (Å²) in [5.41, 5.74) is 2.53. The SMILES string of the molecule is CCOc1cc(/C=C2/SC(=O)N(Cc3ccc(I)cc3)C2=O)cc(I)c1OCc1ccccc1Cl. The number of rotatable bonds is 8. The van der Waals surface area contributed by atoms with Crippen LogP contribution in [0, 0.1) is 7.14 Å². The zero-order chi connectivity index (χ0) is 24.9. The maximum atomic E-state index is 13.0. The van der Waals surface area contributed by atoms with Crippen molar-refractivity contribution in [2.75, 3.05) is 6.61 Å². The Bertz CT molecular complexity index is 1300. The molecule has 0 atom stereocenters. The summed E-state index contributed by atoms with van der Waals surface area (Å²) >= 11 is 11.6. The molecule has 4 rings (SSSR count). The Kier molecular flexibility index (Phi) is 9.01. The molecule has 0 spiro atoms. The lowest BCUT2D eigenvalue weighted by molar-refractivity contribution is -0.123. The fourth-order valence-corrected chi connectivity index (χ4v) is 5.57. The van der Waals surface area contributed by atoms with Gasteiger partial charge < -0.3 is 9.47 Å². The summed E-state index contributed by atoms with van der Waals surface area (Å²) in [5.74, 6) is 0.873. The predicted octanol–water partition coefficient (Wildman–Crippen LogP) is 7.76. The summed E-state index contributed by atoms with van der Waals surface area (Å²) in [4.78, 5) is 27.2. The van der Waals surface area contributed by atoms with Crippen LogP contribution in [0.3, 0.4) is 0 Å². The third-order valence-electron chi connectivity index (χ3n) is 5.09. The van der Waals surface area contributed by atoms with Gasteiger partial charge in [-0.05, 0) is 111 Å². The Labute approximate surface area is 240 Å². The topological polar surface area (TPSA) is 55.8 Å². The van der Waals surface area contributed by atoms with E-state index < -0.39 is 0 Å². The van der Waals surface area contributed by atoms with Crippen LogP contribution in [0.1, 0.15) is 23.6 Å². The van der Waals surface area contributed by atoms with E-state index in [1.807, 2.05) is 67.6 Å². The van der Waals surface area contributed by atoms with Crippen molar-refractivity contribution < 1.29 is 19.1 Å². The number of ether oxygens (including phenoxy) is 2. The molecule has 0 aliphatic carbocycles. The van der Waals surface area contributed by atoms with Gasteiger partial charge >= 0.3 is 0 Å². The van der Waals surface area contributed by atoms with Gasteiger partial charge in [0.15, 0.2) is 11.5 Å². The highest BCUT2D eigenvalue weighted by Crippen LogP contribution is 2.38. The number of carbonyl (C=O) groups excluding carboxylic acids is 2. The molecule has 1 heterocycles. The summed E-state index contributed by atoms with van der Waals surface area (Å²) in [6.45, 7) is 2.89. The highest BCUT2D eigenvalue weighted by Gasteiger charge is 2.35. The van der Waals surface area contributed by atoms with Gasteiger partial charge in [-0.15, -0.1) is 0 Å². The molecule has 3 aromatic rings. The van der Waals surface area contributed by atoms with Crippen LogP contribution in [0.15, 0.2) is 65.6 Å². The number of hydrogen-bond donors (Lipinski definition) is 0. The zero-order valence-corrected chi connectivity index (χ0v) is 24.5. The lowest BCUT2D eigenvalue weighted by Gasteiger charge is -2.15. The number of nitrogens with zero attached hydrogens (tertiary/aromatic N) is 1. The van der Waals surface area contributed by atoms with E-state index in [9.17, 15) is 9.59 Å². The Hall–Kier alpha value is -1.76. The lowest BCUT2D eigenvalue weighted by atomic mass is 10.1. The van der Waals surface area contributed by atoms with Gasteiger partial charge in [0, 0.05) is 14.2 Å². The van der Waals surface area contributed by atoms with Crippen molar-refractivity contribution in [1.82, 2.24) is 4.90 Å². The number of halogens is 3. The molecule has 0 saturated carbocycles. The van der Waals surface area contributed by atoms with E-state index in [4.69, 9.17) is 21.1 Å². The van der Waals surface area contributed by atoms with E-state index >= 15 is 0 Å². The molecule has 9 heteroatoms. The molecular weight excluding hydrogens is 712 g/mol. The number of thioether (sulfide) groups is 1. The molecule has 0 N–H and O–H groups in total. The van der Waals surface area contributed by atoms with Gasteiger partial charge in [-0.3, -0.25) is 14.5 Å². The largest absolute Gasteiger partial charge is 0.490 e. The first-order valence-corrected chi connectivity index (χ1v) is 14.0. The van der Waals surface area contributed by atoms with Crippen molar-refractivity contribution in [1.29, 1.82) is 0 Å². The second-order valence-corrected chi connectivity index (χ2v) is 11.3. The van der Waals surface area contributed by atoms with Gasteiger partial charge in [0.25, 0.3) is 11.1 Å². The van der Waals surface area contributed by atoms with E-state index in [0.717, 1.165) is 35.6 Å². The van der Waals surface area contributed by atoms with E-state index in [2.05, 4.69) is 45.2 Å². The van der Waals surface area contributed by atoms with Crippen molar-refractivity contribution in [2.24, 2.45) is 0 Å². The van der Waals surface area contributed by atoms with Gasteiger partial charge in [0.05, 0.1) is 21.6 Å². The fraction of sp³-hybridized carbons (Fsp3) is 0.154. The molecule has 2 amide bonds. The molecular formula is C26H20ClI2NO4S. The first-order chi connectivity index (χ1) is 16.9. The highest BCUT2D eigenvalue weighted by atomic mass is 127. The molecule has 1 fully saturated rings. The molecule has 1 aliphatic rings. The van der Waals surface area contributed by atoms with Crippen LogP contribution in [0.5, 0.6) is 11.5 Å². The van der Waals surface area contributed by atoms with Crippen molar-refractivity contribution in [3.05, 3.63) is 94.4 Å². The number of amides is 2. The first-order valence-electron chi connectivity index (χ1n) is 10.7. The molecule has 1 aliphatic heterocycles. The number of carbonyl (C=O) groups is 2. The first kappa shape index (κ1) is 26.3. The maximum absolute atomic E-state index is 13.0. The summed E-state index contributed by atoms with van der Waals surface area (Å²) in [5, 5.41) is 0.359. The monoisotopic (exact) mass is 731 g/mol. The molecule has 180 valence electrons. The van der Waals surface area contributed by atoms with E-state index in [-0.39, 0.29) is 17.7 Å². The molecule has 0 aromatic heterocycles. The van der Waals surface area contributed by atoms with E-state index in [1.165, 1.54) is 4.90 Å². The zero-order valence-electron chi connectivity index (χ0n) is 18.6. The highest BCUT2D eigenvalue weighted by molar-refractivity contribution is 14.1. The molecule has 3 aromatic carbocycles. The van der Waals surface area contributed by atoms with E-state index in [1.54, 1.807) is 6.08 Å². The normalized spacial score (nSPS) is 14.6. The third kappa shape index (κ3) is 6.52. The average Bonchev–Trinajstić information content (AvgIpc) is 3.08. The fourth-order valence-electron chi connectivity index (χ4n) is 3.40. The van der Waals surface area contributed by atoms with Crippen LogP contribution < -0.4 is 9.47 Å². The predicted molar refractivity (Wildman–Crippen MR) is 157 cm³/mol. The minimum absolute atomic E-state index is 0.246. The summed E-state index contributed by atoms with van der Waals surface area (Å²) in [6, 6.07) is 19.0. The second-order valence-electron chi connectivity index (χ2n) is 7.54. The molecule has 5 nitrogen and oxygen atoms in total. The maximum Gasteiger partial charge on any atom is 0.293 e. The summed E-state index contributed by atoms with van der Waals surface area (Å²) in [6.07, 6.45) is 1.72. The Morgan fingerprint density at radius 1 is 1.03 bits per heavy atom. The van der Waals surface area contributed by atoms with Crippen molar-refractivity contribution >= 4 is 85.8 Å². The Morgan fingerprint density at radius 3 is 2.49 bits per heavy atom. The standard InChI is InChI=1S/C26H20ClI2NO4S/c1-2-33-22-12-17(11-21(29)24(22)34-15-18-5-3-4-6-20(18)27)13-23-25(31)30(26(32)35-23)14-16-7-9-19(28)10-8-16/h3-13H,2,14-15H2,1H3/b23-13+. The van der Waals surface area contributed by atoms with Crippen LogP contribution >= 0.6 is 68.5 Å². The van der Waals surface area contributed by atoms with Crippen LogP contribution in [0.4, 0.5) is 4.79 Å². The smallest absolute Gasteiger partial charge is 0.293 e. The summed E-state index contributed by atoms with van der Waals surface area (Å²) in [7, 11) is 0. The molecule has 0 bridgehead atoms. The number of hydrogen-bond acceptors (Lipinski definition) is 5. The van der Waals surface area contributed by atoms with Gasteiger partial charge in [-0.1, -0.05) is 41.9 Å². The number of imide groups is 1. The van der Waals surface area contributed by atoms with Gasteiger partial charge in [0.2, 0.25) is 0 Å². The summed E-state index contributed by atoms with van der Waals surface area (Å²) < 4.78 is 13.8. The van der Waals surface area contributed by atoms with Gasteiger partial charge in [0.1, 0.15) is 6.61 Å². The number of benzene rings is 3. The molecule has 0 radical (unpaired) electrons. The van der Waals surface area contributed by atoms with Crippen molar-refractivity contribution in [3.63, 3.8) is 0 Å². The molecule has 35 heavy (non-hydrogen) atoms. The van der Waals surface area contributed by atoms with Gasteiger partial charge in [-0.2, -0.15) is 0 Å². The minimum Gasteiger partial charge on any atom is -0.490 e. The molecule has 1 saturated heterocycles. The average molecular weight is 732 g/mol. The van der Waals surface area contributed by atoms with Crippen LogP contribution in [0.25, 0.3) is 6.08 Å². The van der Waals surface area contributed by atoms with Crippen LogP contribution in [0.2, 0.25) is 5.02 Å². The lowest BCUT2D eigenvalue weighted by Crippen LogP contribution is -2.27. The van der Waals surface area contributed by atoms with Gasteiger partial charge in [-0.25, -0.2) is 0 Å². The van der Waals surface area contributed by atoms with Crippen molar-refractivity contribution in [3.8, 4) is 11.5 Å². The Balaban J connectivity index is 1.55. The minimum atomic E-state index is -0.300. The third-order valence-corrected chi connectivity index (χ3v) is 7.88. The second kappa shape index (κ2) is 12.0. The van der Waals surface area contributed by atoms with Crippen LogP contribution in [-0.4, -0.2) is 22.7 Å². The van der Waals surface area contributed by atoms with Crippen LogP contribution in [-0.2, 0) is 17.9 Å².